The van der Waals surface area contributed by atoms with E-state index in [0.717, 1.165) is 17.1 Å². The summed E-state index contributed by atoms with van der Waals surface area (Å²) in [5.74, 6) is 2.00. The van der Waals surface area contributed by atoms with Gasteiger partial charge < -0.3 is 15.2 Å². The Labute approximate surface area is 120 Å². The molecule has 3 nitrogen and oxygen atoms in total. The lowest BCUT2D eigenvalue weighted by Crippen LogP contribution is -2.08. The van der Waals surface area contributed by atoms with Gasteiger partial charge in [-0.2, -0.15) is 0 Å². The molecule has 1 atom stereocenters. The summed E-state index contributed by atoms with van der Waals surface area (Å²) in [6.07, 6.45) is 0. The SMILES string of the molecule is COc1cccc(OCc2ccc(C(C)CN)cc2)c1. The van der Waals surface area contributed by atoms with Crippen molar-refractivity contribution in [2.24, 2.45) is 5.73 Å². The fourth-order valence-corrected chi connectivity index (χ4v) is 1.94. The molecular weight excluding hydrogens is 250 g/mol. The van der Waals surface area contributed by atoms with Crippen LogP contribution in [0.3, 0.4) is 0 Å². The standard InChI is InChI=1S/C17H21NO2/c1-13(11-18)15-8-6-14(7-9-15)12-20-17-5-3-4-16(10-17)19-2/h3-10,13H,11-12,18H2,1-2H3. The van der Waals surface area contributed by atoms with Crippen molar-refractivity contribution in [2.75, 3.05) is 13.7 Å². The predicted octanol–water partition coefficient (Wildman–Crippen LogP) is 3.34. The van der Waals surface area contributed by atoms with Crippen molar-refractivity contribution >= 4 is 0 Å². The highest BCUT2D eigenvalue weighted by Gasteiger charge is 2.03. The number of ether oxygens (including phenoxy) is 2. The van der Waals surface area contributed by atoms with Crippen LogP contribution in [0.5, 0.6) is 11.5 Å². The van der Waals surface area contributed by atoms with Crippen molar-refractivity contribution in [3.8, 4) is 11.5 Å². The van der Waals surface area contributed by atoms with Crippen LogP contribution in [0, 0.1) is 0 Å². The van der Waals surface area contributed by atoms with Crippen LogP contribution in [0.25, 0.3) is 0 Å². The average molecular weight is 271 g/mol. The van der Waals surface area contributed by atoms with Gasteiger partial charge in [0.05, 0.1) is 7.11 Å². The highest BCUT2D eigenvalue weighted by molar-refractivity contribution is 5.33. The molecule has 106 valence electrons. The van der Waals surface area contributed by atoms with Crippen LogP contribution >= 0.6 is 0 Å². The Bertz CT molecular complexity index is 537. The zero-order valence-corrected chi connectivity index (χ0v) is 12.0. The van der Waals surface area contributed by atoms with Crippen LogP contribution in [0.15, 0.2) is 48.5 Å². The maximum Gasteiger partial charge on any atom is 0.123 e. The maximum absolute atomic E-state index is 5.76. The van der Waals surface area contributed by atoms with Crippen LogP contribution in [-0.4, -0.2) is 13.7 Å². The molecule has 0 aliphatic rings. The van der Waals surface area contributed by atoms with Crippen LogP contribution < -0.4 is 15.2 Å². The highest BCUT2D eigenvalue weighted by atomic mass is 16.5. The van der Waals surface area contributed by atoms with Crippen molar-refractivity contribution in [1.29, 1.82) is 0 Å². The fraction of sp³-hybridized carbons (Fsp3) is 0.294. The fourth-order valence-electron chi connectivity index (χ4n) is 1.94. The number of nitrogens with two attached hydrogens (primary N) is 1. The van der Waals surface area contributed by atoms with E-state index in [-0.39, 0.29) is 0 Å². The minimum absolute atomic E-state index is 0.392. The van der Waals surface area contributed by atoms with E-state index in [1.54, 1.807) is 7.11 Å². The monoisotopic (exact) mass is 271 g/mol. The summed E-state index contributed by atoms with van der Waals surface area (Å²) >= 11 is 0. The molecule has 2 rings (SSSR count). The molecule has 2 aromatic carbocycles. The Hall–Kier alpha value is -2.00. The second kappa shape index (κ2) is 6.96. The molecule has 0 saturated heterocycles. The Kier molecular flexibility index (Phi) is 5.02. The Morgan fingerprint density at radius 1 is 1.05 bits per heavy atom. The van der Waals surface area contributed by atoms with E-state index in [0.29, 0.717) is 19.1 Å². The van der Waals surface area contributed by atoms with E-state index >= 15 is 0 Å². The number of benzene rings is 2. The van der Waals surface area contributed by atoms with Crippen LogP contribution in [0.1, 0.15) is 24.0 Å². The quantitative estimate of drug-likeness (QED) is 0.876. The van der Waals surface area contributed by atoms with Crippen LogP contribution in [0.4, 0.5) is 0 Å². The van der Waals surface area contributed by atoms with Gasteiger partial charge in [0.15, 0.2) is 0 Å². The first-order valence-corrected chi connectivity index (χ1v) is 6.78. The third kappa shape index (κ3) is 3.75. The van der Waals surface area contributed by atoms with E-state index < -0.39 is 0 Å². The molecule has 0 fully saturated rings. The van der Waals surface area contributed by atoms with Gasteiger partial charge >= 0.3 is 0 Å². The molecule has 1 unspecified atom stereocenters. The molecule has 0 aromatic heterocycles. The Morgan fingerprint density at radius 3 is 2.40 bits per heavy atom. The zero-order chi connectivity index (χ0) is 14.4. The van der Waals surface area contributed by atoms with Gasteiger partial charge in [0.25, 0.3) is 0 Å². The third-order valence-electron chi connectivity index (χ3n) is 3.35. The summed E-state index contributed by atoms with van der Waals surface area (Å²) in [4.78, 5) is 0. The van der Waals surface area contributed by atoms with Gasteiger partial charge in [0.1, 0.15) is 18.1 Å². The largest absolute Gasteiger partial charge is 0.497 e. The molecule has 20 heavy (non-hydrogen) atoms. The highest BCUT2D eigenvalue weighted by Crippen LogP contribution is 2.20. The van der Waals surface area contributed by atoms with Gasteiger partial charge in [-0.25, -0.2) is 0 Å². The molecule has 0 heterocycles. The molecule has 0 spiro atoms. The molecule has 3 heteroatoms. The normalized spacial score (nSPS) is 11.9. The van der Waals surface area contributed by atoms with Gasteiger partial charge in [0.2, 0.25) is 0 Å². The Balaban J connectivity index is 1.96. The van der Waals surface area contributed by atoms with Gasteiger partial charge in [-0.3, -0.25) is 0 Å². The first-order valence-electron chi connectivity index (χ1n) is 6.78. The second-order valence-corrected chi connectivity index (χ2v) is 4.85. The zero-order valence-electron chi connectivity index (χ0n) is 12.0. The average Bonchev–Trinajstić information content (AvgIpc) is 2.53. The van der Waals surface area contributed by atoms with Gasteiger partial charge in [0, 0.05) is 6.07 Å². The summed E-state index contributed by atoms with van der Waals surface area (Å²) in [6, 6.07) is 16.0. The topological polar surface area (TPSA) is 44.5 Å². The second-order valence-electron chi connectivity index (χ2n) is 4.85. The lowest BCUT2D eigenvalue weighted by atomic mass is 10.0. The van der Waals surface area contributed by atoms with Crippen molar-refractivity contribution < 1.29 is 9.47 Å². The van der Waals surface area contributed by atoms with Crippen molar-refractivity contribution in [3.63, 3.8) is 0 Å². The smallest absolute Gasteiger partial charge is 0.123 e. The van der Waals surface area contributed by atoms with E-state index in [1.165, 1.54) is 5.56 Å². The van der Waals surface area contributed by atoms with Crippen molar-refractivity contribution in [1.82, 2.24) is 0 Å². The first kappa shape index (κ1) is 14.4. The first-order chi connectivity index (χ1) is 9.72. The molecule has 0 aliphatic heterocycles. The van der Waals surface area contributed by atoms with E-state index in [4.69, 9.17) is 15.2 Å². The van der Waals surface area contributed by atoms with Crippen LogP contribution in [0.2, 0.25) is 0 Å². The molecular formula is C17H21NO2. The van der Waals surface area contributed by atoms with Crippen LogP contribution in [-0.2, 0) is 6.61 Å². The minimum atomic E-state index is 0.392. The summed E-state index contributed by atoms with van der Waals surface area (Å²) in [5.41, 5.74) is 8.07. The van der Waals surface area contributed by atoms with Gasteiger partial charge in [-0.15, -0.1) is 0 Å². The van der Waals surface area contributed by atoms with Gasteiger partial charge in [-0.05, 0) is 35.7 Å². The number of methoxy groups -OCH3 is 1. The Morgan fingerprint density at radius 2 is 1.75 bits per heavy atom. The van der Waals surface area contributed by atoms with Gasteiger partial charge in [-0.1, -0.05) is 37.3 Å². The molecule has 0 saturated carbocycles. The minimum Gasteiger partial charge on any atom is -0.497 e. The summed E-state index contributed by atoms with van der Waals surface area (Å²) in [6.45, 7) is 3.34. The van der Waals surface area contributed by atoms with Crippen molar-refractivity contribution in [2.45, 2.75) is 19.4 Å². The molecule has 0 bridgehead atoms. The predicted molar refractivity (Wildman–Crippen MR) is 81.2 cm³/mol. The van der Waals surface area contributed by atoms with E-state index in [2.05, 4.69) is 31.2 Å². The number of hydrogen-bond donors (Lipinski definition) is 1. The maximum atomic E-state index is 5.76. The molecule has 2 aromatic rings. The number of hydrogen-bond acceptors (Lipinski definition) is 3. The number of rotatable bonds is 6. The molecule has 0 radical (unpaired) electrons. The lowest BCUT2D eigenvalue weighted by molar-refractivity contribution is 0.303. The van der Waals surface area contributed by atoms with E-state index in [1.807, 2.05) is 24.3 Å². The molecule has 0 amide bonds. The third-order valence-corrected chi connectivity index (χ3v) is 3.35. The van der Waals surface area contributed by atoms with E-state index in [9.17, 15) is 0 Å². The molecule has 2 N–H and O–H groups in total. The lowest BCUT2D eigenvalue weighted by Gasteiger charge is -2.11. The summed E-state index contributed by atoms with van der Waals surface area (Å²) in [7, 11) is 1.65. The summed E-state index contributed by atoms with van der Waals surface area (Å²) < 4.78 is 10.9. The summed E-state index contributed by atoms with van der Waals surface area (Å²) in [5, 5.41) is 0. The van der Waals surface area contributed by atoms with Crippen molar-refractivity contribution in [3.05, 3.63) is 59.7 Å². The molecule has 0 aliphatic carbocycles.